The van der Waals surface area contributed by atoms with E-state index in [0.717, 1.165) is 12.0 Å². The topological polar surface area (TPSA) is 37.3 Å². The van der Waals surface area contributed by atoms with Gasteiger partial charge in [-0.25, -0.2) is 0 Å². The molecular formula is C15H20O2. The fraction of sp³-hybridized carbons (Fsp3) is 0.533. The summed E-state index contributed by atoms with van der Waals surface area (Å²) in [5.74, 6) is 0.587. The summed E-state index contributed by atoms with van der Waals surface area (Å²) in [6.07, 6.45) is 1.12. The van der Waals surface area contributed by atoms with Crippen LogP contribution < -0.4 is 0 Å². The van der Waals surface area contributed by atoms with Gasteiger partial charge >= 0.3 is 0 Å². The minimum Gasteiger partial charge on any atom is -0.390 e. The number of benzene rings is 1. The minimum absolute atomic E-state index is 0.0207. The third-order valence-corrected chi connectivity index (χ3v) is 3.49. The molecule has 0 heterocycles. The highest BCUT2D eigenvalue weighted by atomic mass is 16.3. The standard InChI is InChI=1S/C15H20O2/c1-10-8-13(14(16)9-15(2,3)17)12-7-5-4-6-11(10)12/h4-7,10,13,17H,8-9H2,1-3H3/t10-,13-/m1/s1. The van der Waals surface area contributed by atoms with Crippen LogP contribution in [0.1, 0.15) is 56.6 Å². The highest BCUT2D eigenvalue weighted by Gasteiger charge is 2.34. The predicted molar refractivity (Wildman–Crippen MR) is 68.1 cm³/mol. The van der Waals surface area contributed by atoms with Crippen molar-refractivity contribution in [3.05, 3.63) is 35.4 Å². The largest absolute Gasteiger partial charge is 0.390 e. The van der Waals surface area contributed by atoms with Crippen LogP contribution in [-0.2, 0) is 4.79 Å². The van der Waals surface area contributed by atoms with E-state index < -0.39 is 5.60 Å². The molecule has 1 aliphatic carbocycles. The van der Waals surface area contributed by atoms with Gasteiger partial charge in [-0.1, -0.05) is 31.2 Å². The van der Waals surface area contributed by atoms with Crippen molar-refractivity contribution in [2.75, 3.05) is 0 Å². The third kappa shape index (κ3) is 2.58. The average Bonchev–Trinajstić information content (AvgIpc) is 2.55. The van der Waals surface area contributed by atoms with Crippen LogP contribution in [-0.4, -0.2) is 16.5 Å². The number of hydrogen-bond donors (Lipinski definition) is 1. The van der Waals surface area contributed by atoms with Crippen LogP contribution in [0, 0.1) is 0 Å². The summed E-state index contributed by atoms with van der Waals surface area (Å²) < 4.78 is 0. The molecule has 0 amide bonds. The van der Waals surface area contributed by atoms with E-state index in [1.54, 1.807) is 13.8 Å². The smallest absolute Gasteiger partial charge is 0.143 e. The zero-order chi connectivity index (χ0) is 12.6. The average molecular weight is 232 g/mol. The lowest BCUT2D eigenvalue weighted by Gasteiger charge is -2.19. The van der Waals surface area contributed by atoms with Gasteiger partial charge < -0.3 is 5.11 Å². The van der Waals surface area contributed by atoms with Crippen LogP contribution in [0.25, 0.3) is 0 Å². The number of Topliss-reactive ketones (excluding diaryl/α,β-unsaturated/α-hetero) is 1. The van der Waals surface area contributed by atoms with Crippen LogP contribution in [0.5, 0.6) is 0 Å². The lowest BCUT2D eigenvalue weighted by molar-refractivity contribution is -0.124. The Morgan fingerprint density at radius 2 is 1.94 bits per heavy atom. The number of fused-ring (bicyclic) bond motifs is 1. The Bertz CT molecular complexity index is 429. The first-order chi connectivity index (χ1) is 7.88. The van der Waals surface area contributed by atoms with Crippen molar-refractivity contribution in [3.8, 4) is 0 Å². The lowest BCUT2D eigenvalue weighted by Crippen LogP contribution is -2.26. The molecule has 92 valence electrons. The van der Waals surface area contributed by atoms with Crippen LogP contribution in [0.3, 0.4) is 0 Å². The molecule has 2 nitrogen and oxygen atoms in total. The second kappa shape index (κ2) is 4.26. The van der Waals surface area contributed by atoms with E-state index in [1.807, 2.05) is 18.2 Å². The van der Waals surface area contributed by atoms with Gasteiger partial charge in [-0.05, 0) is 37.3 Å². The molecule has 2 rings (SSSR count). The summed E-state index contributed by atoms with van der Waals surface area (Å²) in [6, 6.07) is 8.17. The number of carbonyl (C=O) groups excluding carboxylic acids is 1. The summed E-state index contributed by atoms with van der Waals surface area (Å²) in [4.78, 5) is 12.2. The van der Waals surface area contributed by atoms with E-state index in [2.05, 4.69) is 13.0 Å². The molecular weight excluding hydrogens is 212 g/mol. The maximum absolute atomic E-state index is 12.2. The second-order valence-electron chi connectivity index (χ2n) is 5.77. The number of rotatable bonds is 3. The molecule has 17 heavy (non-hydrogen) atoms. The Labute approximate surface area is 103 Å². The normalized spacial score (nSPS) is 23.5. The molecule has 0 saturated carbocycles. The number of carbonyl (C=O) groups is 1. The summed E-state index contributed by atoms with van der Waals surface area (Å²) in [6.45, 7) is 5.54. The summed E-state index contributed by atoms with van der Waals surface area (Å²) in [5, 5.41) is 9.74. The fourth-order valence-electron chi connectivity index (χ4n) is 2.74. The molecule has 0 aliphatic heterocycles. The van der Waals surface area contributed by atoms with E-state index in [4.69, 9.17) is 0 Å². The lowest BCUT2D eigenvalue weighted by atomic mass is 9.89. The molecule has 1 aromatic carbocycles. The molecule has 2 atom stereocenters. The predicted octanol–water partition coefficient (Wildman–Crippen LogP) is 3.01. The van der Waals surface area contributed by atoms with E-state index in [1.165, 1.54) is 5.56 Å². The van der Waals surface area contributed by atoms with Crippen molar-refractivity contribution in [1.29, 1.82) is 0 Å². The van der Waals surface area contributed by atoms with Crippen LogP contribution in [0.4, 0.5) is 0 Å². The van der Waals surface area contributed by atoms with Gasteiger partial charge in [0.1, 0.15) is 5.78 Å². The van der Waals surface area contributed by atoms with Gasteiger partial charge in [-0.15, -0.1) is 0 Å². The molecule has 0 saturated heterocycles. The Morgan fingerprint density at radius 3 is 2.53 bits per heavy atom. The van der Waals surface area contributed by atoms with Crippen LogP contribution >= 0.6 is 0 Å². The Kier molecular flexibility index (Phi) is 3.09. The number of hydrogen-bond acceptors (Lipinski definition) is 2. The van der Waals surface area contributed by atoms with Gasteiger partial charge in [-0.3, -0.25) is 4.79 Å². The minimum atomic E-state index is -0.905. The highest BCUT2D eigenvalue weighted by molar-refractivity contribution is 5.87. The first kappa shape index (κ1) is 12.3. The summed E-state index contributed by atoms with van der Waals surface area (Å²) in [7, 11) is 0. The Balaban J connectivity index is 2.23. The van der Waals surface area contributed by atoms with Crippen molar-refractivity contribution in [2.45, 2.75) is 51.0 Å². The third-order valence-electron chi connectivity index (χ3n) is 3.49. The highest BCUT2D eigenvalue weighted by Crippen LogP contribution is 2.42. The van der Waals surface area contributed by atoms with Gasteiger partial charge in [0, 0.05) is 12.3 Å². The van der Waals surface area contributed by atoms with Gasteiger partial charge in [0.15, 0.2) is 0 Å². The van der Waals surface area contributed by atoms with Crippen molar-refractivity contribution in [1.82, 2.24) is 0 Å². The molecule has 0 radical (unpaired) electrons. The van der Waals surface area contributed by atoms with Gasteiger partial charge in [0.2, 0.25) is 0 Å². The number of aliphatic hydroxyl groups is 1. The SMILES string of the molecule is C[C@@H]1C[C@@H](C(=O)CC(C)(C)O)c2ccccc21. The molecule has 1 aliphatic rings. The van der Waals surface area contributed by atoms with Gasteiger partial charge in [0.25, 0.3) is 0 Å². The van der Waals surface area contributed by atoms with Crippen molar-refractivity contribution < 1.29 is 9.90 Å². The quantitative estimate of drug-likeness (QED) is 0.869. The van der Waals surface area contributed by atoms with E-state index >= 15 is 0 Å². The van der Waals surface area contributed by atoms with Crippen molar-refractivity contribution in [3.63, 3.8) is 0 Å². The molecule has 0 bridgehead atoms. The van der Waals surface area contributed by atoms with Gasteiger partial charge in [0.05, 0.1) is 5.60 Å². The molecule has 1 N–H and O–H groups in total. The fourth-order valence-corrected chi connectivity index (χ4v) is 2.74. The van der Waals surface area contributed by atoms with Crippen LogP contribution in [0.15, 0.2) is 24.3 Å². The van der Waals surface area contributed by atoms with E-state index in [9.17, 15) is 9.90 Å². The Morgan fingerprint density at radius 1 is 1.35 bits per heavy atom. The summed E-state index contributed by atoms with van der Waals surface area (Å²) in [5.41, 5.74) is 1.55. The molecule has 0 spiro atoms. The van der Waals surface area contributed by atoms with Crippen molar-refractivity contribution in [2.24, 2.45) is 0 Å². The molecule has 1 aromatic rings. The zero-order valence-corrected chi connectivity index (χ0v) is 10.7. The maximum atomic E-state index is 12.2. The summed E-state index contributed by atoms with van der Waals surface area (Å²) >= 11 is 0. The molecule has 0 unspecified atom stereocenters. The Hall–Kier alpha value is -1.15. The first-order valence-corrected chi connectivity index (χ1v) is 6.22. The molecule has 0 aromatic heterocycles. The zero-order valence-electron chi connectivity index (χ0n) is 10.7. The van der Waals surface area contributed by atoms with E-state index in [-0.39, 0.29) is 18.1 Å². The molecule has 0 fully saturated rings. The van der Waals surface area contributed by atoms with Crippen molar-refractivity contribution >= 4 is 5.78 Å². The monoisotopic (exact) mass is 232 g/mol. The maximum Gasteiger partial charge on any atom is 0.143 e. The molecule has 2 heteroatoms. The number of ketones is 1. The van der Waals surface area contributed by atoms with Gasteiger partial charge in [-0.2, -0.15) is 0 Å². The van der Waals surface area contributed by atoms with Crippen LogP contribution in [0.2, 0.25) is 0 Å². The second-order valence-corrected chi connectivity index (χ2v) is 5.77. The first-order valence-electron chi connectivity index (χ1n) is 6.22. The van der Waals surface area contributed by atoms with E-state index in [0.29, 0.717) is 5.92 Å².